The molecule has 2 aliphatic heterocycles. The Morgan fingerprint density at radius 3 is 2.60 bits per heavy atom. The highest BCUT2D eigenvalue weighted by atomic mass is 16.5. The second-order valence-corrected chi connectivity index (χ2v) is 7.01. The van der Waals surface area contributed by atoms with Crippen LogP contribution in [0.1, 0.15) is 26.3 Å². The lowest BCUT2D eigenvalue weighted by molar-refractivity contribution is -0.0507. The fraction of sp³-hybridized carbons (Fsp3) is 0.647. The van der Waals surface area contributed by atoms with Crippen LogP contribution in [0, 0.1) is 0 Å². The van der Waals surface area contributed by atoms with Gasteiger partial charge in [-0.15, -0.1) is 0 Å². The zero-order valence-corrected chi connectivity index (χ0v) is 12.9. The van der Waals surface area contributed by atoms with Gasteiger partial charge in [-0.25, -0.2) is 0 Å². The molecule has 2 atom stereocenters. The lowest BCUT2D eigenvalue weighted by Gasteiger charge is -2.37. The first-order valence-electron chi connectivity index (χ1n) is 7.69. The van der Waals surface area contributed by atoms with Gasteiger partial charge in [0.1, 0.15) is 0 Å². The zero-order valence-electron chi connectivity index (χ0n) is 12.9. The minimum Gasteiger partial charge on any atom is -0.374 e. The van der Waals surface area contributed by atoms with Crippen LogP contribution >= 0.6 is 0 Å². The Morgan fingerprint density at radius 1 is 1.15 bits per heavy atom. The van der Waals surface area contributed by atoms with Crippen molar-refractivity contribution in [2.45, 2.75) is 45.0 Å². The molecular formula is C17H26N2O. The molecule has 0 unspecified atom stereocenters. The number of likely N-dealkylation sites (tertiary alicyclic amines) is 1. The Morgan fingerprint density at radius 2 is 1.90 bits per heavy atom. The number of rotatable bonds is 2. The van der Waals surface area contributed by atoms with Crippen LogP contribution < -0.4 is 0 Å². The van der Waals surface area contributed by atoms with E-state index in [1.54, 1.807) is 0 Å². The standard InChI is InChI=1S/C17H26N2O/c1-17(2,3)19-12-15-16(13-19)20-10-9-18(15)11-14-7-5-4-6-8-14/h4-8,15-16H,9-13H2,1-3H3/t15-,16+/m0/s1. The molecule has 2 aliphatic rings. The van der Waals surface area contributed by atoms with Gasteiger partial charge in [-0.05, 0) is 26.3 Å². The first-order chi connectivity index (χ1) is 9.54. The summed E-state index contributed by atoms with van der Waals surface area (Å²) in [7, 11) is 0. The molecule has 110 valence electrons. The summed E-state index contributed by atoms with van der Waals surface area (Å²) in [5.74, 6) is 0. The molecule has 0 aromatic heterocycles. The van der Waals surface area contributed by atoms with Crippen LogP contribution in [0.2, 0.25) is 0 Å². The summed E-state index contributed by atoms with van der Waals surface area (Å²) < 4.78 is 6.01. The molecule has 0 amide bonds. The smallest absolute Gasteiger partial charge is 0.0870 e. The Bertz CT molecular complexity index is 440. The molecule has 0 bridgehead atoms. The van der Waals surface area contributed by atoms with Crippen LogP contribution in [0.25, 0.3) is 0 Å². The summed E-state index contributed by atoms with van der Waals surface area (Å²) in [6.45, 7) is 12.0. The second kappa shape index (κ2) is 5.47. The number of nitrogens with zero attached hydrogens (tertiary/aromatic N) is 2. The van der Waals surface area contributed by atoms with Crippen LogP contribution in [0.4, 0.5) is 0 Å². The van der Waals surface area contributed by atoms with Crippen LogP contribution in [0.5, 0.6) is 0 Å². The zero-order chi connectivity index (χ0) is 14.2. The maximum Gasteiger partial charge on any atom is 0.0870 e. The van der Waals surface area contributed by atoms with E-state index < -0.39 is 0 Å². The first kappa shape index (κ1) is 14.1. The van der Waals surface area contributed by atoms with E-state index >= 15 is 0 Å². The van der Waals surface area contributed by atoms with E-state index in [2.05, 4.69) is 60.9 Å². The van der Waals surface area contributed by atoms with Crippen molar-refractivity contribution in [2.75, 3.05) is 26.2 Å². The fourth-order valence-corrected chi connectivity index (χ4v) is 3.32. The van der Waals surface area contributed by atoms with Crippen molar-refractivity contribution in [3.63, 3.8) is 0 Å². The Hall–Kier alpha value is -0.900. The predicted octanol–water partition coefficient (Wildman–Crippen LogP) is 2.37. The molecular weight excluding hydrogens is 248 g/mol. The van der Waals surface area contributed by atoms with Gasteiger partial charge in [0.15, 0.2) is 0 Å². The molecule has 0 aliphatic carbocycles. The average molecular weight is 274 g/mol. The van der Waals surface area contributed by atoms with E-state index in [1.165, 1.54) is 5.56 Å². The molecule has 3 nitrogen and oxygen atoms in total. The van der Waals surface area contributed by atoms with Gasteiger partial charge in [0.2, 0.25) is 0 Å². The summed E-state index contributed by atoms with van der Waals surface area (Å²) in [5.41, 5.74) is 1.64. The average Bonchev–Trinajstić information content (AvgIpc) is 2.85. The highest BCUT2D eigenvalue weighted by Crippen LogP contribution is 2.28. The molecule has 20 heavy (non-hydrogen) atoms. The largest absolute Gasteiger partial charge is 0.374 e. The molecule has 3 rings (SSSR count). The van der Waals surface area contributed by atoms with E-state index in [4.69, 9.17) is 4.74 Å². The first-order valence-corrected chi connectivity index (χ1v) is 7.69. The van der Waals surface area contributed by atoms with Crippen molar-refractivity contribution in [3.8, 4) is 0 Å². The van der Waals surface area contributed by atoms with Crippen molar-refractivity contribution >= 4 is 0 Å². The maximum atomic E-state index is 6.01. The Kier molecular flexibility index (Phi) is 3.85. The number of hydrogen-bond acceptors (Lipinski definition) is 3. The third kappa shape index (κ3) is 2.90. The van der Waals surface area contributed by atoms with Gasteiger partial charge in [0.05, 0.1) is 18.8 Å². The molecule has 0 saturated carbocycles. The van der Waals surface area contributed by atoms with Gasteiger partial charge < -0.3 is 4.74 Å². The monoisotopic (exact) mass is 274 g/mol. The lowest BCUT2D eigenvalue weighted by Crippen LogP contribution is -2.50. The highest BCUT2D eigenvalue weighted by Gasteiger charge is 2.42. The number of hydrogen-bond donors (Lipinski definition) is 0. The van der Waals surface area contributed by atoms with Crippen molar-refractivity contribution in [1.82, 2.24) is 9.80 Å². The minimum atomic E-state index is 0.235. The van der Waals surface area contributed by atoms with Gasteiger partial charge in [-0.2, -0.15) is 0 Å². The summed E-state index contributed by atoms with van der Waals surface area (Å²) >= 11 is 0. The van der Waals surface area contributed by atoms with Crippen LogP contribution in [-0.4, -0.2) is 53.7 Å². The van der Waals surface area contributed by atoms with E-state index in [1.807, 2.05) is 0 Å². The van der Waals surface area contributed by atoms with E-state index in [-0.39, 0.29) is 5.54 Å². The number of morpholine rings is 1. The van der Waals surface area contributed by atoms with Crippen LogP contribution in [0.3, 0.4) is 0 Å². The third-order valence-corrected chi connectivity index (χ3v) is 4.59. The lowest BCUT2D eigenvalue weighted by atomic mass is 10.1. The molecule has 2 saturated heterocycles. The van der Waals surface area contributed by atoms with Crippen molar-refractivity contribution in [2.24, 2.45) is 0 Å². The van der Waals surface area contributed by atoms with E-state index in [0.29, 0.717) is 12.1 Å². The summed E-state index contributed by atoms with van der Waals surface area (Å²) in [6, 6.07) is 11.3. The molecule has 0 radical (unpaired) electrons. The fourth-order valence-electron chi connectivity index (χ4n) is 3.32. The third-order valence-electron chi connectivity index (χ3n) is 4.59. The maximum absolute atomic E-state index is 6.01. The topological polar surface area (TPSA) is 15.7 Å². The molecule has 2 heterocycles. The van der Waals surface area contributed by atoms with Crippen molar-refractivity contribution < 1.29 is 4.74 Å². The van der Waals surface area contributed by atoms with Crippen molar-refractivity contribution in [1.29, 1.82) is 0 Å². The van der Waals surface area contributed by atoms with E-state index in [0.717, 1.165) is 32.8 Å². The Balaban J connectivity index is 1.70. The molecule has 0 spiro atoms. The Labute approximate surface area is 122 Å². The summed E-state index contributed by atoms with van der Waals surface area (Å²) in [5, 5.41) is 0. The van der Waals surface area contributed by atoms with Gasteiger partial charge in [-0.1, -0.05) is 30.3 Å². The normalized spacial score (nSPS) is 28.6. The molecule has 3 heteroatoms. The molecule has 0 N–H and O–H groups in total. The van der Waals surface area contributed by atoms with Crippen LogP contribution in [0.15, 0.2) is 30.3 Å². The molecule has 1 aromatic carbocycles. The van der Waals surface area contributed by atoms with Crippen molar-refractivity contribution in [3.05, 3.63) is 35.9 Å². The number of ether oxygens (including phenoxy) is 1. The molecule has 2 fully saturated rings. The van der Waals surface area contributed by atoms with Crippen LogP contribution in [-0.2, 0) is 11.3 Å². The van der Waals surface area contributed by atoms with Gasteiger partial charge in [0, 0.05) is 31.7 Å². The summed E-state index contributed by atoms with van der Waals surface area (Å²) in [6.07, 6.45) is 0.381. The summed E-state index contributed by atoms with van der Waals surface area (Å²) in [4.78, 5) is 5.17. The number of benzene rings is 1. The van der Waals surface area contributed by atoms with Gasteiger partial charge in [-0.3, -0.25) is 9.80 Å². The molecule has 1 aromatic rings. The highest BCUT2D eigenvalue weighted by molar-refractivity contribution is 5.15. The quantitative estimate of drug-likeness (QED) is 0.823. The van der Waals surface area contributed by atoms with Gasteiger partial charge in [0.25, 0.3) is 0 Å². The SMILES string of the molecule is CC(C)(C)N1C[C@H]2OCCN(Cc3ccccc3)[C@H]2C1. The van der Waals surface area contributed by atoms with E-state index in [9.17, 15) is 0 Å². The number of fused-ring (bicyclic) bond motifs is 1. The minimum absolute atomic E-state index is 0.235. The predicted molar refractivity (Wildman–Crippen MR) is 81.7 cm³/mol. The van der Waals surface area contributed by atoms with Gasteiger partial charge >= 0.3 is 0 Å². The second-order valence-electron chi connectivity index (χ2n) is 7.01.